The second-order valence-corrected chi connectivity index (χ2v) is 5.80. The van der Waals surface area contributed by atoms with Gasteiger partial charge in [0, 0.05) is 17.0 Å². The van der Waals surface area contributed by atoms with E-state index in [-0.39, 0.29) is 5.60 Å². The van der Waals surface area contributed by atoms with Crippen molar-refractivity contribution >= 4 is 11.6 Å². The second kappa shape index (κ2) is 3.89. The third-order valence-electron chi connectivity index (χ3n) is 4.32. The highest BCUT2D eigenvalue weighted by molar-refractivity contribution is 6.30. The first-order valence-electron chi connectivity index (χ1n) is 6.27. The fourth-order valence-electron chi connectivity index (χ4n) is 3.24. The van der Waals surface area contributed by atoms with Crippen LogP contribution in [-0.2, 0) is 0 Å². The van der Waals surface area contributed by atoms with E-state index in [1.54, 1.807) is 0 Å². The minimum Gasteiger partial charge on any atom is -0.487 e. The Morgan fingerprint density at radius 3 is 3.00 bits per heavy atom. The van der Waals surface area contributed by atoms with E-state index in [4.69, 9.17) is 16.3 Å². The molecule has 0 saturated heterocycles. The topological polar surface area (TPSA) is 29.5 Å². The molecule has 0 aromatic heterocycles. The zero-order valence-corrected chi connectivity index (χ0v) is 10.7. The fraction of sp³-hybridized carbons (Fsp3) is 0.571. The summed E-state index contributed by atoms with van der Waals surface area (Å²) in [6, 6.07) is 5.52. The van der Waals surface area contributed by atoms with Crippen molar-refractivity contribution in [2.45, 2.75) is 44.3 Å². The van der Waals surface area contributed by atoms with Crippen LogP contribution in [0.3, 0.4) is 0 Å². The van der Waals surface area contributed by atoms with Crippen LogP contribution in [0.25, 0.3) is 0 Å². The summed E-state index contributed by atoms with van der Waals surface area (Å²) in [5.74, 6) is 1.32. The number of halogens is 1. The number of hydrogen-bond donors (Lipinski definition) is 1. The van der Waals surface area contributed by atoms with Crippen molar-refractivity contribution in [3.8, 4) is 5.75 Å². The smallest absolute Gasteiger partial charge is 0.126 e. The summed E-state index contributed by atoms with van der Waals surface area (Å²) < 4.78 is 6.20. The van der Waals surface area contributed by atoms with Gasteiger partial charge < -0.3 is 9.84 Å². The Balaban J connectivity index is 2.01. The van der Waals surface area contributed by atoms with Crippen LogP contribution in [-0.4, -0.2) is 10.7 Å². The van der Waals surface area contributed by atoms with E-state index in [1.807, 2.05) is 18.2 Å². The van der Waals surface area contributed by atoms with Crippen molar-refractivity contribution < 1.29 is 9.84 Å². The normalized spacial score (nSPS) is 35.7. The molecule has 92 valence electrons. The van der Waals surface area contributed by atoms with Gasteiger partial charge in [0.15, 0.2) is 0 Å². The maximum Gasteiger partial charge on any atom is 0.126 e. The predicted octanol–water partition coefficient (Wildman–Crippen LogP) is 3.71. The molecule has 1 aliphatic heterocycles. The maximum atomic E-state index is 10.3. The molecule has 1 saturated carbocycles. The van der Waals surface area contributed by atoms with Crippen molar-refractivity contribution in [3.05, 3.63) is 28.8 Å². The lowest BCUT2D eigenvalue weighted by atomic mass is 9.82. The number of ether oxygens (including phenoxy) is 1. The summed E-state index contributed by atoms with van der Waals surface area (Å²) in [4.78, 5) is 0. The van der Waals surface area contributed by atoms with Gasteiger partial charge in [-0.2, -0.15) is 0 Å². The number of aliphatic hydroxyl groups is 1. The summed E-state index contributed by atoms with van der Waals surface area (Å²) in [5.41, 5.74) is 0.683. The molecule has 1 aromatic carbocycles. The summed E-state index contributed by atoms with van der Waals surface area (Å²) in [7, 11) is 0. The molecule has 3 atom stereocenters. The van der Waals surface area contributed by atoms with Crippen LogP contribution < -0.4 is 4.74 Å². The third-order valence-corrected chi connectivity index (χ3v) is 4.55. The van der Waals surface area contributed by atoms with Gasteiger partial charge in [-0.3, -0.25) is 0 Å². The maximum absolute atomic E-state index is 10.3. The molecule has 2 nitrogen and oxygen atoms in total. The van der Waals surface area contributed by atoms with Gasteiger partial charge in [-0.05, 0) is 43.4 Å². The van der Waals surface area contributed by atoms with Gasteiger partial charge >= 0.3 is 0 Å². The number of benzene rings is 1. The Morgan fingerprint density at radius 1 is 1.47 bits per heavy atom. The minimum atomic E-state index is -0.446. The van der Waals surface area contributed by atoms with Gasteiger partial charge in [-0.25, -0.2) is 0 Å². The van der Waals surface area contributed by atoms with E-state index < -0.39 is 6.10 Å². The largest absolute Gasteiger partial charge is 0.487 e. The molecule has 3 heteroatoms. The molecule has 2 aliphatic rings. The summed E-state index contributed by atoms with van der Waals surface area (Å²) >= 11 is 5.96. The van der Waals surface area contributed by atoms with Crippen LogP contribution in [0.4, 0.5) is 0 Å². The van der Waals surface area contributed by atoms with Crippen molar-refractivity contribution in [1.82, 2.24) is 0 Å². The quantitative estimate of drug-likeness (QED) is 0.763. The molecule has 1 aliphatic carbocycles. The molecule has 0 bridgehead atoms. The van der Waals surface area contributed by atoms with Crippen molar-refractivity contribution in [3.63, 3.8) is 0 Å². The van der Waals surface area contributed by atoms with E-state index in [9.17, 15) is 5.11 Å². The minimum absolute atomic E-state index is 0.153. The third kappa shape index (κ3) is 1.74. The average molecular weight is 253 g/mol. The zero-order valence-electron chi connectivity index (χ0n) is 9.95. The van der Waals surface area contributed by atoms with E-state index >= 15 is 0 Å². The second-order valence-electron chi connectivity index (χ2n) is 5.36. The zero-order chi connectivity index (χ0) is 12.0. The molecule has 3 rings (SSSR count). The first-order valence-corrected chi connectivity index (χ1v) is 6.65. The monoisotopic (exact) mass is 252 g/mol. The van der Waals surface area contributed by atoms with Gasteiger partial charge in [-0.15, -0.1) is 0 Å². The number of hydrogen-bond acceptors (Lipinski definition) is 2. The first-order chi connectivity index (χ1) is 8.11. The SMILES string of the molecule is CC1CCCC12C[C@H](O)c1cc(Cl)ccc1O2. The molecule has 1 spiro atoms. The first kappa shape index (κ1) is 11.4. The van der Waals surface area contributed by atoms with Crippen molar-refractivity contribution in [1.29, 1.82) is 0 Å². The number of rotatable bonds is 0. The Kier molecular flexibility index (Phi) is 2.60. The van der Waals surface area contributed by atoms with E-state index in [2.05, 4.69) is 6.92 Å². The van der Waals surface area contributed by atoms with Crippen LogP contribution in [0, 0.1) is 5.92 Å². The molecule has 1 aromatic rings. The van der Waals surface area contributed by atoms with Crippen LogP contribution in [0.5, 0.6) is 5.75 Å². The molecule has 2 unspecified atom stereocenters. The van der Waals surface area contributed by atoms with Gasteiger partial charge in [-0.1, -0.05) is 18.5 Å². The van der Waals surface area contributed by atoms with Gasteiger partial charge in [0.05, 0.1) is 6.10 Å². The number of aliphatic hydroxyl groups excluding tert-OH is 1. The lowest BCUT2D eigenvalue weighted by molar-refractivity contribution is -0.0355. The highest BCUT2D eigenvalue weighted by atomic mass is 35.5. The fourth-order valence-corrected chi connectivity index (χ4v) is 3.42. The Hall–Kier alpha value is -0.730. The van der Waals surface area contributed by atoms with E-state index in [0.717, 1.165) is 17.7 Å². The molecule has 0 radical (unpaired) electrons. The summed E-state index contributed by atoms with van der Waals surface area (Å²) in [5, 5.41) is 10.9. The van der Waals surface area contributed by atoms with E-state index in [0.29, 0.717) is 17.4 Å². The highest BCUT2D eigenvalue weighted by Gasteiger charge is 2.47. The van der Waals surface area contributed by atoms with Crippen molar-refractivity contribution in [2.24, 2.45) is 5.92 Å². The lowest BCUT2D eigenvalue weighted by Crippen LogP contribution is -2.43. The highest BCUT2D eigenvalue weighted by Crippen LogP contribution is 2.50. The molecule has 1 heterocycles. The van der Waals surface area contributed by atoms with Gasteiger partial charge in [0.25, 0.3) is 0 Å². The van der Waals surface area contributed by atoms with Crippen molar-refractivity contribution in [2.75, 3.05) is 0 Å². The average Bonchev–Trinajstić information content (AvgIpc) is 2.62. The molecule has 1 N–H and O–H groups in total. The van der Waals surface area contributed by atoms with E-state index in [1.165, 1.54) is 12.8 Å². The Bertz CT molecular complexity index is 446. The van der Waals surface area contributed by atoms with Crippen LogP contribution in [0.1, 0.15) is 44.3 Å². The molecular weight excluding hydrogens is 236 g/mol. The Labute approximate surface area is 107 Å². The number of fused-ring (bicyclic) bond motifs is 1. The van der Waals surface area contributed by atoms with Crippen LogP contribution in [0.2, 0.25) is 5.02 Å². The molecule has 1 fully saturated rings. The molecular formula is C14H17ClO2. The molecule has 0 amide bonds. The van der Waals surface area contributed by atoms with Gasteiger partial charge in [0.1, 0.15) is 11.4 Å². The summed E-state index contributed by atoms with van der Waals surface area (Å²) in [6.07, 6.45) is 3.68. The Morgan fingerprint density at radius 2 is 2.29 bits per heavy atom. The lowest BCUT2D eigenvalue weighted by Gasteiger charge is -2.41. The van der Waals surface area contributed by atoms with Crippen LogP contribution >= 0.6 is 11.6 Å². The predicted molar refractivity (Wildman–Crippen MR) is 67.4 cm³/mol. The summed E-state index contributed by atoms with van der Waals surface area (Å²) in [6.45, 7) is 2.22. The standard InChI is InChI=1S/C14H17ClO2/c1-9-3-2-6-14(9)8-12(16)11-7-10(15)4-5-13(11)17-14/h4-5,7,9,12,16H,2-3,6,8H2,1H3/t9?,12-,14?/m0/s1. The van der Waals surface area contributed by atoms with Gasteiger partial charge in [0.2, 0.25) is 0 Å². The molecule has 17 heavy (non-hydrogen) atoms. The van der Waals surface area contributed by atoms with Crippen LogP contribution in [0.15, 0.2) is 18.2 Å².